The Bertz CT molecular complexity index is 701. The van der Waals surface area contributed by atoms with Crippen LogP contribution >= 0.6 is 11.3 Å². The minimum atomic E-state index is 0.221. The number of hydrogen-bond acceptors (Lipinski definition) is 4. The van der Waals surface area contributed by atoms with Crippen LogP contribution in [0.2, 0.25) is 0 Å². The highest BCUT2D eigenvalue weighted by molar-refractivity contribution is 7.09. The molecule has 5 heteroatoms. The molecule has 1 aromatic heterocycles. The van der Waals surface area contributed by atoms with E-state index in [-0.39, 0.29) is 5.92 Å². The number of nitrogens with zero attached hydrogens (tertiary/aromatic N) is 3. The number of rotatable bonds is 8. The Balaban J connectivity index is 1.51. The zero-order chi connectivity index (χ0) is 19.1. The first-order chi connectivity index (χ1) is 13.2. The lowest BCUT2D eigenvalue weighted by molar-refractivity contribution is -0.137. The Morgan fingerprint density at radius 1 is 1.07 bits per heavy atom. The summed E-state index contributed by atoms with van der Waals surface area (Å²) in [6.45, 7) is 8.80. The molecular formula is C22H31N3OS. The van der Waals surface area contributed by atoms with Crippen LogP contribution in [0, 0.1) is 5.92 Å². The van der Waals surface area contributed by atoms with Crippen LogP contribution in [0.4, 0.5) is 0 Å². The highest BCUT2D eigenvalue weighted by Crippen LogP contribution is 2.23. The topological polar surface area (TPSA) is 36.4 Å². The molecule has 1 aliphatic rings. The van der Waals surface area contributed by atoms with Crippen LogP contribution < -0.4 is 0 Å². The lowest BCUT2D eigenvalue weighted by Crippen LogP contribution is -2.50. The summed E-state index contributed by atoms with van der Waals surface area (Å²) in [5.74, 6) is 0.595. The number of benzene rings is 1. The van der Waals surface area contributed by atoms with Gasteiger partial charge in [0, 0.05) is 43.0 Å². The fourth-order valence-electron chi connectivity index (χ4n) is 3.79. The third kappa shape index (κ3) is 5.39. The van der Waals surface area contributed by atoms with E-state index < -0.39 is 0 Å². The minimum Gasteiger partial charge on any atom is -0.340 e. The predicted octanol–water partition coefficient (Wildman–Crippen LogP) is 4.67. The molecule has 2 heterocycles. The molecule has 146 valence electrons. The van der Waals surface area contributed by atoms with Crippen molar-refractivity contribution in [1.82, 2.24) is 14.8 Å². The van der Waals surface area contributed by atoms with Crippen molar-refractivity contribution in [1.29, 1.82) is 0 Å². The van der Waals surface area contributed by atoms with Gasteiger partial charge in [-0.3, -0.25) is 9.69 Å². The van der Waals surface area contributed by atoms with Gasteiger partial charge in [0.1, 0.15) is 5.01 Å². The Hall–Kier alpha value is -1.72. The standard InChI is InChI=1S/C22H31N3OS/c1-3-8-19(9-4-2)22(26)25-14-12-24(13-15-25)16-21-23-20(17-27-21)18-10-6-5-7-11-18/h5-7,10-11,17,19H,3-4,8-9,12-16H2,1-2H3. The van der Waals surface area contributed by atoms with Gasteiger partial charge >= 0.3 is 0 Å². The second-order valence-electron chi connectivity index (χ2n) is 7.37. The number of carbonyl (C=O) groups excluding carboxylic acids is 1. The lowest BCUT2D eigenvalue weighted by Gasteiger charge is -2.36. The summed E-state index contributed by atoms with van der Waals surface area (Å²) >= 11 is 1.73. The third-order valence-corrected chi connectivity index (χ3v) is 6.12. The highest BCUT2D eigenvalue weighted by Gasteiger charge is 2.26. The maximum absolute atomic E-state index is 12.8. The van der Waals surface area contributed by atoms with Gasteiger partial charge < -0.3 is 4.90 Å². The molecule has 0 N–H and O–H groups in total. The Morgan fingerprint density at radius 2 is 1.74 bits per heavy atom. The maximum Gasteiger partial charge on any atom is 0.225 e. The normalized spacial score (nSPS) is 15.4. The molecule has 0 radical (unpaired) electrons. The molecule has 2 aromatic rings. The van der Waals surface area contributed by atoms with E-state index in [2.05, 4.69) is 53.3 Å². The Labute approximate surface area is 167 Å². The number of amides is 1. The second-order valence-corrected chi connectivity index (χ2v) is 8.31. The molecule has 0 atom stereocenters. The van der Waals surface area contributed by atoms with Gasteiger partial charge in [-0.1, -0.05) is 57.0 Å². The average Bonchev–Trinajstić information content (AvgIpc) is 3.17. The minimum absolute atomic E-state index is 0.221. The zero-order valence-corrected chi connectivity index (χ0v) is 17.4. The highest BCUT2D eigenvalue weighted by atomic mass is 32.1. The van der Waals surface area contributed by atoms with Crippen LogP contribution in [0.25, 0.3) is 11.3 Å². The molecule has 0 spiro atoms. The van der Waals surface area contributed by atoms with E-state index in [1.165, 1.54) is 5.56 Å². The Kier molecular flexibility index (Phi) is 7.41. The molecule has 1 amide bonds. The summed E-state index contributed by atoms with van der Waals surface area (Å²) in [7, 11) is 0. The number of piperazine rings is 1. The molecule has 1 aliphatic heterocycles. The van der Waals surface area contributed by atoms with Crippen LogP contribution in [0.1, 0.15) is 44.5 Å². The molecule has 4 nitrogen and oxygen atoms in total. The van der Waals surface area contributed by atoms with Gasteiger partial charge in [-0.15, -0.1) is 11.3 Å². The fourth-order valence-corrected chi connectivity index (χ4v) is 4.63. The average molecular weight is 386 g/mol. The smallest absolute Gasteiger partial charge is 0.225 e. The molecule has 0 unspecified atom stereocenters. The van der Waals surface area contributed by atoms with E-state index in [0.717, 1.165) is 69.1 Å². The molecule has 1 aromatic carbocycles. The molecule has 1 saturated heterocycles. The van der Waals surface area contributed by atoms with Crippen molar-refractivity contribution in [2.75, 3.05) is 26.2 Å². The number of hydrogen-bond donors (Lipinski definition) is 0. The van der Waals surface area contributed by atoms with E-state index in [0.29, 0.717) is 5.91 Å². The molecule has 1 fully saturated rings. The largest absolute Gasteiger partial charge is 0.340 e. The van der Waals surface area contributed by atoms with E-state index in [1.54, 1.807) is 11.3 Å². The van der Waals surface area contributed by atoms with Gasteiger partial charge in [0.25, 0.3) is 0 Å². The summed E-state index contributed by atoms with van der Waals surface area (Å²) < 4.78 is 0. The maximum atomic E-state index is 12.8. The number of carbonyl (C=O) groups is 1. The molecule has 3 rings (SSSR count). The van der Waals surface area contributed by atoms with Crippen molar-refractivity contribution in [3.63, 3.8) is 0 Å². The van der Waals surface area contributed by atoms with Crippen molar-refractivity contribution < 1.29 is 4.79 Å². The summed E-state index contributed by atoms with van der Waals surface area (Å²) in [6, 6.07) is 10.3. The van der Waals surface area contributed by atoms with Gasteiger partial charge in [0.05, 0.1) is 12.2 Å². The van der Waals surface area contributed by atoms with E-state index in [1.807, 2.05) is 6.07 Å². The second kappa shape index (κ2) is 10.00. The van der Waals surface area contributed by atoms with Gasteiger partial charge in [0.2, 0.25) is 5.91 Å². The molecule has 0 aliphatic carbocycles. The van der Waals surface area contributed by atoms with Crippen LogP contribution in [-0.2, 0) is 11.3 Å². The first-order valence-electron chi connectivity index (χ1n) is 10.2. The lowest BCUT2D eigenvalue weighted by atomic mass is 9.96. The first kappa shape index (κ1) is 20.0. The van der Waals surface area contributed by atoms with Crippen molar-refractivity contribution >= 4 is 17.2 Å². The van der Waals surface area contributed by atoms with Crippen LogP contribution in [0.15, 0.2) is 35.7 Å². The molecule has 0 saturated carbocycles. The van der Waals surface area contributed by atoms with Gasteiger partial charge in [-0.25, -0.2) is 4.98 Å². The summed E-state index contributed by atoms with van der Waals surface area (Å²) in [5.41, 5.74) is 2.24. The molecule has 27 heavy (non-hydrogen) atoms. The predicted molar refractivity (Wildman–Crippen MR) is 113 cm³/mol. The summed E-state index contributed by atoms with van der Waals surface area (Å²) in [4.78, 5) is 22.1. The van der Waals surface area contributed by atoms with E-state index in [4.69, 9.17) is 4.98 Å². The van der Waals surface area contributed by atoms with Crippen molar-refractivity contribution in [3.05, 3.63) is 40.7 Å². The van der Waals surface area contributed by atoms with Crippen LogP contribution in [0.3, 0.4) is 0 Å². The summed E-state index contributed by atoms with van der Waals surface area (Å²) in [5, 5.41) is 3.30. The monoisotopic (exact) mass is 385 g/mol. The van der Waals surface area contributed by atoms with Gasteiger partial charge in [0.15, 0.2) is 0 Å². The molecular weight excluding hydrogens is 354 g/mol. The number of aromatic nitrogens is 1. The third-order valence-electron chi connectivity index (χ3n) is 5.29. The van der Waals surface area contributed by atoms with Gasteiger partial charge in [-0.05, 0) is 12.8 Å². The number of thiazole rings is 1. The van der Waals surface area contributed by atoms with Gasteiger partial charge in [-0.2, -0.15) is 0 Å². The quantitative estimate of drug-likeness (QED) is 0.662. The van der Waals surface area contributed by atoms with Crippen molar-refractivity contribution in [3.8, 4) is 11.3 Å². The van der Waals surface area contributed by atoms with E-state index in [9.17, 15) is 4.79 Å². The van der Waals surface area contributed by atoms with Crippen LogP contribution in [-0.4, -0.2) is 46.9 Å². The molecule has 0 bridgehead atoms. The SMILES string of the molecule is CCCC(CCC)C(=O)N1CCN(Cc2nc(-c3ccccc3)cs2)CC1. The van der Waals surface area contributed by atoms with E-state index >= 15 is 0 Å². The Morgan fingerprint density at radius 3 is 2.37 bits per heavy atom. The fraction of sp³-hybridized carbons (Fsp3) is 0.545. The van der Waals surface area contributed by atoms with Crippen molar-refractivity contribution in [2.45, 2.75) is 46.1 Å². The summed E-state index contributed by atoms with van der Waals surface area (Å²) in [6.07, 6.45) is 4.22. The van der Waals surface area contributed by atoms with Crippen molar-refractivity contribution in [2.24, 2.45) is 5.92 Å². The van der Waals surface area contributed by atoms with Crippen LogP contribution in [0.5, 0.6) is 0 Å². The zero-order valence-electron chi connectivity index (χ0n) is 16.6. The first-order valence-corrected chi connectivity index (χ1v) is 11.1.